The highest BCUT2D eigenvalue weighted by molar-refractivity contribution is 5.76. The molecule has 1 aromatic carbocycles. The summed E-state index contributed by atoms with van der Waals surface area (Å²) in [6, 6.07) is 9.90. The van der Waals surface area contributed by atoms with Crippen molar-refractivity contribution in [3.8, 4) is 0 Å². The van der Waals surface area contributed by atoms with Crippen LogP contribution >= 0.6 is 0 Å². The molecule has 2 rings (SSSR count). The minimum absolute atomic E-state index is 0.00424. The van der Waals surface area contributed by atoms with Crippen LogP contribution in [0.25, 0.3) is 0 Å². The molecule has 0 saturated heterocycles. The summed E-state index contributed by atoms with van der Waals surface area (Å²) in [7, 11) is 0. The molecule has 1 amide bonds. The first-order valence-electron chi connectivity index (χ1n) is 6.81. The van der Waals surface area contributed by atoms with Gasteiger partial charge in [-0.15, -0.1) is 0 Å². The minimum Gasteiger partial charge on any atom is -0.396 e. The fourth-order valence-corrected chi connectivity index (χ4v) is 2.62. The molecule has 0 aliphatic heterocycles. The highest BCUT2D eigenvalue weighted by Crippen LogP contribution is 2.25. The zero-order valence-corrected chi connectivity index (χ0v) is 11.0. The average Bonchev–Trinajstić information content (AvgIpc) is 2.77. The number of amides is 1. The summed E-state index contributed by atoms with van der Waals surface area (Å²) in [4.78, 5) is 11.8. The minimum atomic E-state index is -0.496. The van der Waals surface area contributed by atoms with Crippen LogP contribution in [0.1, 0.15) is 24.8 Å². The zero-order valence-electron chi connectivity index (χ0n) is 11.0. The molecule has 1 aromatic rings. The monoisotopic (exact) mass is 263 g/mol. The third-order valence-corrected chi connectivity index (χ3v) is 3.74. The Hall–Kier alpha value is -1.39. The quantitative estimate of drug-likeness (QED) is 0.738. The fraction of sp³-hybridized carbons (Fsp3) is 0.533. The fourth-order valence-electron chi connectivity index (χ4n) is 2.62. The van der Waals surface area contributed by atoms with Crippen LogP contribution in [0.15, 0.2) is 30.3 Å². The van der Waals surface area contributed by atoms with E-state index in [0.29, 0.717) is 19.3 Å². The summed E-state index contributed by atoms with van der Waals surface area (Å²) in [5, 5.41) is 21.7. The summed E-state index contributed by atoms with van der Waals surface area (Å²) in [5.41, 5.74) is 1.15. The molecule has 0 spiro atoms. The van der Waals surface area contributed by atoms with E-state index in [1.807, 2.05) is 30.3 Å². The molecule has 3 N–H and O–H groups in total. The van der Waals surface area contributed by atoms with E-state index in [4.69, 9.17) is 5.11 Å². The van der Waals surface area contributed by atoms with Crippen molar-refractivity contribution in [1.82, 2.24) is 5.32 Å². The lowest BCUT2D eigenvalue weighted by atomic mass is 10.1. The summed E-state index contributed by atoms with van der Waals surface area (Å²) >= 11 is 0. The van der Waals surface area contributed by atoms with E-state index in [9.17, 15) is 9.90 Å². The van der Waals surface area contributed by atoms with Gasteiger partial charge < -0.3 is 15.5 Å². The molecule has 1 fully saturated rings. The van der Waals surface area contributed by atoms with Gasteiger partial charge in [-0.3, -0.25) is 4.79 Å². The SMILES string of the molecule is O=C(CCc1ccccc1)N[C@H]1C[C@@H](CO)[C@@H](O)C1. The standard InChI is InChI=1S/C15H21NO3/c17-10-12-8-13(9-14(12)18)16-15(19)7-6-11-4-2-1-3-5-11/h1-5,12-14,17-18H,6-10H2,(H,16,19)/t12-,13-,14-/m0/s1. The smallest absolute Gasteiger partial charge is 0.220 e. The van der Waals surface area contributed by atoms with Crippen molar-refractivity contribution in [1.29, 1.82) is 0 Å². The topological polar surface area (TPSA) is 69.6 Å². The normalized spacial score (nSPS) is 26.3. The highest BCUT2D eigenvalue weighted by atomic mass is 16.3. The number of hydrogen-bond acceptors (Lipinski definition) is 3. The number of hydrogen-bond donors (Lipinski definition) is 3. The summed E-state index contributed by atoms with van der Waals surface area (Å²) < 4.78 is 0. The molecule has 4 heteroatoms. The van der Waals surface area contributed by atoms with Crippen molar-refractivity contribution in [2.24, 2.45) is 5.92 Å². The van der Waals surface area contributed by atoms with Crippen molar-refractivity contribution in [2.75, 3.05) is 6.61 Å². The van der Waals surface area contributed by atoms with E-state index in [0.717, 1.165) is 12.0 Å². The summed E-state index contributed by atoms with van der Waals surface area (Å²) in [6.45, 7) is -0.0163. The van der Waals surface area contributed by atoms with Gasteiger partial charge in [-0.2, -0.15) is 0 Å². The van der Waals surface area contributed by atoms with Crippen LogP contribution in [-0.4, -0.2) is 34.9 Å². The van der Waals surface area contributed by atoms with Gasteiger partial charge >= 0.3 is 0 Å². The predicted molar refractivity (Wildman–Crippen MR) is 72.5 cm³/mol. The number of aliphatic hydroxyl groups is 2. The Morgan fingerprint density at radius 2 is 2.00 bits per heavy atom. The molecule has 0 heterocycles. The molecule has 0 radical (unpaired) electrons. The number of aryl methyl sites for hydroxylation is 1. The molecule has 4 nitrogen and oxygen atoms in total. The van der Waals surface area contributed by atoms with Crippen LogP contribution in [0.5, 0.6) is 0 Å². The van der Waals surface area contributed by atoms with Crippen molar-refractivity contribution < 1.29 is 15.0 Å². The number of nitrogens with one attached hydrogen (secondary N) is 1. The molecular formula is C15H21NO3. The van der Waals surface area contributed by atoms with Crippen LogP contribution < -0.4 is 5.32 Å². The molecule has 3 atom stereocenters. The van der Waals surface area contributed by atoms with Gasteiger partial charge in [-0.25, -0.2) is 0 Å². The van der Waals surface area contributed by atoms with E-state index < -0.39 is 6.10 Å². The lowest BCUT2D eigenvalue weighted by molar-refractivity contribution is -0.121. The Morgan fingerprint density at radius 1 is 1.26 bits per heavy atom. The molecular weight excluding hydrogens is 242 g/mol. The highest BCUT2D eigenvalue weighted by Gasteiger charge is 2.32. The largest absolute Gasteiger partial charge is 0.396 e. The third-order valence-electron chi connectivity index (χ3n) is 3.74. The van der Waals surface area contributed by atoms with Gasteiger partial charge in [-0.1, -0.05) is 30.3 Å². The third kappa shape index (κ3) is 4.04. The lowest BCUT2D eigenvalue weighted by Gasteiger charge is -2.12. The second-order valence-corrected chi connectivity index (χ2v) is 5.23. The second-order valence-electron chi connectivity index (χ2n) is 5.23. The van der Waals surface area contributed by atoms with Crippen LogP contribution in [-0.2, 0) is 11.2 Å². The van der Waals surface area contributed by atoms with Gasteiger partial charge in [-0.05, 0) is 24.8 Å². The first-order valence-corrected chi connectivity index (χ1v) is 6.81. The van der Waals surface area contributed by atoms with Crippen LogP contribution in [0, 0.1) is 5.92 Å². The second kappa shape index (κ2) is 6.68. The van der Waals surface area contributed by atoms with Gasteiger partial charge in [0.05, 0.1) is 6.10 Å². The zero-order chi connectivity index (χ0) is 13.7. The molecule has 104 valence electrons. The number of carbonyl (C=O) groups excluding carboxylic acids is 1. The van der Waals surface area contributed by atoms with Crippen LogP contribution in [0.4, 0.5) is 0 Å². The van der Waals surface area contributed by atoms with E-state index in [2.05, 4.69) is 5.32 Å². The maximum Gasteiger partial charge on any atom is 0.220 e. The van der Waals surface area contributed by atoms with E-state index in [-0.39, 0.29) is 24.5 Å². The van der Waals surface area contributed by atoms with Crippen molar-refractivity contribution in [2.45, 2.75) is 37.8 Å². The Balaban J connectivity index is 1.73. The molecule has 0 unspecified atom stereocenters. The lowest BCUT2D eigenvalue weighted by Crippen LogP contribution is -2.33. The number of carbonyl (C=O) groups is 1. The van der Waals surface area contributed by atoms with E-state index in [1.54, 1.807) is 0 Å². The van der Waals surface area contributed by atoms with Crippen LogP contribution in [0.2, 0.25) is 0 Å². The van der Waals surface area contributed by atoms with Crippen LogP contribution in [0.3, 0.4) is 0 Å². The van der Waals surface area contributed by atoms with Crippen molar-refractivity contribution >= 4 is 5.91 Å². The van der Waals surface area contributed by atoms with Gasteiger partial charge in [0.25, 0.3) is 0 Å². The first kappa shape index (κ1) is 14.0. The molecule has 19 heavy (non-hydrogen) atoms. The van der Waals surface area contributed by atoms with Crippen molar-refractivity contribution in [3.05, 3.63) is 35.9 Å². The molecule has 1 aliphatic rings. The number of aliphatic hydroxyl groups excluding tert-OH is 2. The van der Waals surface area contributed by atoms with Gasteiger partial charge in [0.1, 0.15) is 0 Å². The summed E-state index contributed by atoms with van der Waals surface area (Å²) in [5.74, 6) is -0.0842. The Bertz CT molecular complexity index is 407. The first-order chi connectivity index (χ1) is 9.19. The van der Waals surface area contributed by atoms with Crippen molar-refractivity contribution in [3.63, 3.8) is 0 Å². The number of benzene rings is 1. The predicted octanol–water partition coefficient (Wildman–Crippen LogP) is 0.867. The van der Waals surface area contributed by atoms with E-state index >= 15 is 0 Å². The average molecular weight is 263 g/mol. The molecule has 0 bridgehead atoms. The van der Waals surface area contributed by atoms with E-state index in [1.165, 1.54) is 0 Å². The van der Waals surface area contributed by atoms with Gasteiger partial charge in [0, 0.05) is 25.0 Å². The van der Waals surface area contributed by atoms with Gasteiger partial charge in [0.15, 0.2) is 0 Å². The molecule has 1 saturated carbocycles. The maximum atomic E-state index is 11.8. The Labute approximate surface area is 113 Å². The number of rotatable bonds is 5. The Kier molecular flexibility index (Phi) is 4.93. The summed E-state index contributed by atoms with van der Waals surface area (Å²) in [6.07, 6.45) is 1.90. The molecule has 0 aromatic heterocycles. The Morgan fingerprint density at radius 3 is 2.63 bits per heavy atom. The maximum absolute atomic E-state index is 11.8. The van der Waals surface area contributed by atoms with Gasteiger partial charge in [0.2, 0.25) is 5.91 Å². The molecule has 1 aliphatic carbocycles.